The molecule has 0 aromatic heterocycles. The molecule has 1 aromatic carbocycles. The van der Waals surface area contributed by atoms with Gasteiger partial charge in [0.1, 0.15) is 17.7 Å². The normalized spacial score (nSPS) is 12.9. The smallest absolute Gasteiger partial charge is 0.191 e. The predicted octanol–water partition coefficient (Wildman–Crippen LogP) is 2.12. The maximum atomic E-state index is 12.8. The molecule has 4 nitrogen and oxygen atoms in total. The Hall–Kier alpha value is -1.43. The molecule has 0 aliphatic heterocycles. The first-order chi connectivity index (χ1) is 9.65. The second-order valence-corrected chi connectivity index (χ2v) is 5.24. The topological polar surface area (TPSA) is 45.7 Å². The highest BCUT2D eigenvalue weighted by Gasteiger charge is 2.05. The lowest BCUT2D eigenvalue weighted by molar-refractivity contribution is 0.223. The largest absolute Gasteiger partial charge is 0.489 e. The summed E-state index contributed by atoms with van der Waals surface area (Å²) in [6, 6.07) is 6.02. The van der Waals surface area contributed by atoms with Crippen molar-refractivity contribution < 1.29 is 9.13 Å². The third kappa shape index (κ3) is 6.65. The van der Waals surface area contributed by atoms with Gasteiger partial charge in [-0.25, -0.2) is 4.39 Å². The van der Waals surface area contributed by atoms with Crippen LogP contribution in [0.15, 0.2) is 29.3 Å². The van der Waals surface area contributed by atoms with Gasteiger partial charge in [-0.1, -0.05) is 0 Å². The molecule has 1 unspecified atom stereocenters. The Kier molecular flexibility index (Phi) is 7.87. The van der Waals surface area contributed by atoms with Crippen LogP contribution in [0, 0.1) is 5.82 Å². The number of ether oxygens (including phenoxy) is 1. The predicted molar refractivity (Wildman–Crippen MR) is 84.2 cm³/mol. The SMILES string of the molecule is CN=C(NCCSC)NCC(C)Oc1ccc(F)cc1. The number of rotatable bonds is 7. The zero-order valence-electron chi connectivity index (χ0n) is 12.1. The molecule has 1 aromatic rings. The number of halogens is 1. The molecule has 0 spiro atoms. The Morgan fingerprint density at radius 1 is 1.35 bits per heavy atom. The van der Waals surface area contributed by atoms with Crippen LogP contribution in [0.4, 0.5) is 4.39 Å². The molecule has 0 aliphatic rings. The van der Waals surface area contributed by atoms with E-state index >= 15 is 0 Å². The number of benzene rings is 1. The summed E-state index contributed by atoms with van der Waals surface area (Å²) in [6.07, 6.45) is 2.02. The van der Waals surface area contributed by atoms with E-state index in [-0.39, 0.29) is 11.9 Å². The molecule has 2 N–H and O–H groups in total. The summed E-state index contributed by atoms with van der Waals surface area (Å²) in [5.74, 6) is 2.18. The van der Waals surface area contributed by atoms with Gasteiger partial charge in [0.25, 0.3) is 0 Å². The third-order valence-electron chi connectivity index (χ3n) is 2.53. The lowest BCUT2D eigenvalue weighted by Crippen LogP contribution is -2.42. The summed E-state index contributed by atoms with van der Waals surface area (Å²) in [6.45, 7) is 3.44. The average molecular weight is 299 g/mol. The van der Waals surface area contributed by atoms with Crippen molar-refractivity contribution in [2.75, 3.05) is 32.1 Å². The molecule has 0 radical (unpaired) electrons. The molecule has 0 heterocycles. The molecule has 0 saturated heterocycles. The van der Waals surface area contributed by atoms with E-state index in [2.05, 4.69) is 21.9 Å². The van der Waals surface area contributed by atoms with E-state index in [4.69, 9.17) is 4.74 Å². The quantitative estimate of drug-likeness (QED) is 0.460. The Labute approximate surface area is 124 Å². The van der Waals surface area contributed by atoms with Crippen LogP contribution in [0.25, 0.3) is 0 Å². The van der Waals surface area contributed by atoms with Gasteiger partial charge in [-0.15, -0.1) is 0 Å². The minimum absolute atomic E-state index is 0.0421. The van der Waals surface area contributed by atoms with Gasteiger partial charge in [0.05, 0.1) is 6.54 Å². The number of nitrogens with zero attached hydrogens (tertiary/aromatic N) is 1. The Bertz CT molecular complexity index is 411. The highest BCUT2D eigenvalue weighted by molar-refractivity contribution is 7.98. The molecule has 0 aliphatic carbocycles. The van der Waals surface area contributed by atoms with E-state index < -0.39 is 0 Å². The minimum Gasteiger partial charge on any atom is -0.489 e. The van der Waals surface area contributed by atoms with Gasteiger partial charge in [0.2, 0.25) is 0 Å². The van der Waals surface area contributed by atoms with Crippen LogP contribution >= 0.6 is 11.8 Å². The molecule has 112 valence electrons. The van der Waals surface area contributed by atoms with Crippen molar-refractivity contribution in [3.05, 3.63) is 30.1 Å². The fourth-order valence-corrected chi connectivity index (χ4v) is 1.83. The highest BCUT2D eigenvalue weighted by Crippen LogP contribution is 2.12. The van der Waals surface area contributed by atoms with E-state index in [0.29, 0.717) is 12.3 Å². The van der Waals surface area contributed by atoms with Crippen LogP contribution in [-0.2, 0) is 0 Å². The molecule has 0 amide bonds. The number of hydrogen-bond acceptors (Lipinski definition) is 3. The number of nitrogens with one attached hydrogen (secondary N) is 2. The van der Waals surface area contributed by atoms with Crippen molar-refractivity contribution in [2.45, 2.75) is 13.0 Å². The monoisotopic (exact) mass is 299 g/mol. The Morgan fingerprint density at radius 2 is 2.05 bits per heavy atom. The lowest BCUT2D eigenvalue weighted by Gasteiger charge is -2.17. The summed E-state index contributed by atoms with van der Waals surface area (Å²) in [4.78, 5) is 4.13. The molecule has 0 saturated carbocycles. The number of aliphatic imine (C=N–C) groups is 1. The Balaban J connectivity index is 2.31. The van der Waals surface area contributed by atoms with Gasteiger partial charge in [-0.3, -0.25) is 4.99 Å². The van der Waals surface area contributed by atoms with Gasteiger partial charge in [-0.2, -0.15) is 11.8 Å². The maximum absolute atomic E-state index is 12.8. The van der Waals surface area contributed by atoms with Crippen molar-refractivity contribution in [2.24, 2.45) is 4.99 Å². The fourth-order valence-electron chi connectivity index (χ4n) is 1.52. The van der Waals surface area contributed by atoms with Crippen LogP contribution in [0.5, 0.6) is 5.75 Å². The first-order valence-corrected chi connectivity index (χ1v) is 7.90. The van der Waals surface area contributed by atoms with Gasteiger partial charge < -0.3 is 15.4 Å². The molecular weight excluding hydrogens is 277 g/mol. The summed E-state index contributed by atoms with van der Waals surface area (Å²) in [5, 5.41) is 6.40. The summed E-state index contributed by atoms with van der Waals surface area (Å²) in [5.41, 5.74) is 0. The number of guanidine groups is 1. The van der Waals surface area contributed by atoms with Crippen LogP contribution in [-0.4, -0.2) is 44.2 Å². The minimum atomic E-state index is -0.262. The molecule has 0 fully saturated rings. The maximum Gasteiger partial charge on any atom is 0.191 e. The van der Waals surface area contributed by atoms with E-state index in [1.54, 1.807) is 30.9 Å². The van der Waals surface area contributed by atoms with E-state index in [1.165, 1.54) is 12.1 Å². The molecule has 1 rings (SSSR count). The van der Waals surface area contributed by atoms with Crippen LogP contribution in [0.2, 0.25) is 0 Å². The zero-order chi connectivity index (χ0) is 14.8. The van der Waals surface area contributed by atoms with Gasteiger partial charge >= 0.3 is 0 Å². The van der Waals surface area contributed by atoms with Crippen molar-refractivity contribution in [3.63, 3.8) is 0 Å². The molecule has 20 heavy (non-hydrogen) atoms. The third-order valence-corrected chi connectivity index (χ3v) is 3.14. The second kappa shape index (κ2) is 9.47. The second-order valence-electron chi connectivity index (χ2n) is 4.26. The zero-order valence-corrected chi connectivity index (χ0v) is 13.0. The van der Waals surface area contributed by atoms with E-state index in [1.807, 2.05) is 6.92 Å². The first kappa shape index (κ1) is 16.6. The number of hydrogen-bond donors (Lipinski definition) is 2. The fraction of sp³-hybridized carbons (Fsp3) is 0.500. The van der Waals surface area contributed by atoms with Crippen molar-refractivity contribution >= 4 is 17.7 Å². The average Bonchev–Trinajstić information content (AvgIpc) is 2.45. The van der Waals surface area contributed by atoms with Gasteiger partial charge in [0, 0.05) is 19.3 Å². The van der Waals surface area contributed by atoms with Crippen molar-refractivity contribution in [1.29, 1.82) is 0 Å². The number of thioether (sulfide) groups is 1. The van der Waals surface area contributed by atoms with Crippen molar-refractivity contribution in [1.82, 2.24) is 10.6 Å². The Morgan fingerprint density at radius 3 is 2.65 bits per heavy atom. The molecule has 0 bridgehead atoms. The van der Waals surface area contributed by atoms with Crippen LogP contribution in [0.3, 0.4) is 0 Å². The summed E-state index contributed by atoms with van der Waals surface area (Å²) < 4.78 is 18.5. The highest BCUT2D eigenvalue weighted by atomic mass is 32.2. The first-order valence-electron chi connectivity index (χ1n) is 6.51. The van der Waals surface area contributed by atoms with Crippen molar-refractivity contribution in [3.8, 4) is 5.75 Å². The standard InChI is InChI=1S/C14H22FN3OS/c1-11(19-13-6-4-12(15)5-7-13)10-18-14(16-2)17-8-9-20-3/h4-7,11H,8-10H2,1-3H3,(H2,16,17,18). The van der Waals surface area contributed by atoms with E-state index in [9.17, 15) is 4.39 Å². The molecular formula is C14H22FN3OS. The van der Waals surface area contributed by atoms with Crippen LogP contribution in [0.1, 0.15) is 6.92 Å². The van der Waals surface area contributed by atoms with E-state index in [0.717, 1.165) is 18.3 Å². The van der Waals surface area contributed by atoms with Crippen LogP contribution < -0.4 is 15.4 Å². The van der Waals surface area contributed by atoms with Gasteiger partial charge in [-0.05, 0) is 37.4 Å². The summed E-state index contributed by atoms with van der Waals surface area (Å²) in [7, 11) is 1.74. The molecule has 1 atom stereocenters. The summed E-state index contributed by atoms with van der Waals surface area (Å²) >= 11 is 1.78. The molecule has 6 heteroatoms. The van der Waals surface area contributed by atoms with Gasteiger partial charge in [0.15, 0.2) is 5.96 Å². The lowest BCUT2D eigenvalue weighted by atomic mass is 10.3.